The van der Waals surface area contributed by atoms with E-state index in [0.29, 0.717) is 11.6 Å². The van der Waals surface area contributed by atoms with Crippen molar-refractivity contribution in [3.05, 3.63) is 48.5 Å². The van der Waals surface area contributed by atoms with Gasteiger partial charge in [-0.1, -0.05) is 30.0 Å². The third kappa shape index (κ3) is 4.00. The first-order valence-corrected chi connectivity index (χ1v) is 8.68. The molecule has 1 aliphatic rings. The van der Waals surface area contributed by atoms with E-state index in [1.165, 1.54) is 18.2 Å². The van der Waals surface area contributed by atoms with Crippen LogP contribution in [-0.4, -0.2) is 28.2 Å². The largest absolute Gasteiger partial charge is 0.586 e. The molecule has 2 aromatic carbocycles. The first-order valence-electron chi connectivity index (χ1n) is 7.70. The van der Waals surface area contributed by atoms with E-state index in [1.807, 2.05) is 30.3 Å². The van der Waals surface area contributed by atoms with Crippen LogP contribution in [0.15, 0.2) is 58.2 Å². The van der Waals surface area contributed by atoms with Gasteiger partial charge in [-0.25, -0.2) is 0 Å². The molecule has 138 valence electrons. The molecule has 0 spiro atoms. The van der Waals surface area contributed by atoms with Crippen LogP contribution >= 0.6 is 11.8 Å². The predicted molar refractivity (Wildman–Crippen MR) is 91.7 cm³/mol. The van der Waals surface area contributed by atoms with E-state index in [0.717, 1.165) is 17.3 Å². The van der Waals surface area contributed by atoms with Crippen molar-refractivity contribution in [3.8, 4) is 23.0 Å². The molecule has 0 fully saturated rings. The first-order chi connectivity index (χ1) is 13.0. The fourth-order valence-corrected chi connectivity index (χ4v) is 2.88. The van der Waals surface area contributed by atoms with Crippen molar-refractivity contribution < 1.29 is 27.5 Å². The molecule has 1 N–H and O–H groups in total. The molecule has 27 heavy (non-hydrogen) atoms. The monoisotopic (exact) mass is 391 g/mol. The summed E-state index contributed by atoms with van der Waals surface area (Å²) in [6, 6.07) is 13.2. The van der Waals surface area contributed by atoms with Gasteiger partial charge in [0.05, 0.1) is 5.75 Å². The summed E-state index contributed by atoms with van der Waals surface area (Å²) in [5.74, 6) is -0.247. The number of hydrogen-bond acceptors (Lipinski definition) is 7. The molecule has 0 saturated carbocycles. The molecule has 0 radical (unpaired) electrons. The minimum absolute atomic E-state index is 0.00102. The number of amides is 1. The zero-order valence-corrected chi connectivity index (χ0v) is 14.3. The SMILES string of the molecule is O=C(CSc1nnc(-c2ccccc2)o1)Nc1ccc2c(c1)OC(F)(F)O2. The number of fused-ring (bicyclic) bond motifs is 1. The van der Waals surface area contributed by atoms with Gasteiger partial charge in [-0.3, -0.25) is 4.79 Å². The Morgan fingerprint density at radius 1 is 1.07 bits per heavy atom. The molecule has 1 amide bonds. The Labute approximate surface area is 155 Å². The number of halogens is 2. The number of ether oxygens (including phenoxy) is 2. The predicted octanol–water partition coefficient (Wildman–Crippen LogP) is 3.79. The number of alkyl halides is 2. The summed E-state index contributed by atoms with van der Waals surface area (Å²) in [7, 11) is 0. The van der Waals surface area contributed by atoms with Gasteiger partial charge in [-0.2, -0.15) is 0 Å². The van der Waals surface area contributed by atoms with E-state index >= 15 is 0 Å². The molecule has 4 rings (SSSR count). The van der Waals surface area contributed by atoms with Crippen LogP contribution in [0.25, 0.3) is 11.5 Å². The second kappa shape index (κ2) is 6.88. The second-order valence-corrected chi connectivity index (χ2v) is 6.33. The summed E-state index contributed by atoms with van der Waals surface area (Å²) in [5.41, 5.74) is 1.08. The van der Waals surface area contributed by atoms with Gasteiger partial charge in [0, 0.05) is 17.3 Å². The quantitative estimate of drug-likeness (QED) is 0.662. The van der Waals surface area contributed by atoms with Crippen molar-refractivity contribution in [2.24, 2.45) is 0 Å². The van der Waals surface area contributed by atoms with Crippen LogP contribution in [0.3, 0.4) is 0 Å². The maximum atomic E-state index is 13.0. The average molecular weight is 391 g/mol. The molecule has 2 heterocycles. The van der Waals surface area contributed by atoms with E-state index in [9.17, 15) is 13.6 Å². The molecule has 10 heteroatoms. The number of nitrogens with one attached hydrogen (secondary N) is 1. The van der Waals surface area contributed by atoms with Crippen molar-refractivity contribution in [1.82, 2.24) is 10.2 Å². The average Bonchev–Trinajstić information content (AvgIpc) is 3.23. The summed E-state index contributed by atoms with van der Waals surface area (Å²) in [4.78, 5) is 12.0. The lowest BCUT2D eigenvalue weighted by molar-refractivity contribution is -0.286. The van der Waals surface area contributed by atoms with Gasteiger partial charge < -0.3 is 19.2 Å². The minimum atomic E-state index is -3.70. The molecule has 0 unspecified atom stereocenters. The molecule has 0 aliphatic carbocycles. The van der Waals surface area contributed by atoms with Gasteiger partial charge in [-0.15, -0.1) is 19.0 Å². The fourth-order valence-electron chi connectivity index (χ4n) is 2.32. The molecule has 0 saturated heterocycles. The van der Waals surface area contributed by atoms with Crippen LogP contribution < -0.4 is 14.8 Å². The van der Waals surface area contributed by atoms with Gasteiger partial charge in [0.2, 0.25) is 11.8 Å². The van der Waals surface area contributed by atoms with Crippen LogP contribution in [0.2, 0.25) is 0 Å². The molecular weight excluding hydrogens is 380 g/mol. The maximum absolute atomic E-state index is 13.0. The van der Waals surface area contributed by atoms with Crippen LogP contribution in [-0.2, 0) is 4.79 Å². The van der Waals surface area contributed by atoms with Crippen LogP contribution in [0.5, 0.6) is 11.5 Å². The Hall–Kier alpha value is -3.14. The first kappa shape index (κ1) is 17.3. The smallest absolute Gasteiger partial charge is 0.411 e. The highest BCUT2D eigenvalue weighted by Gasteiger charge is 2.43. The van der Waals surface area contributed by atoms with Crippen molar-refractivity contribution in [1.29, 1.82) is 0 Å². The van der Waals surface area contributed by atoms with Crippen molar-refractivity contribution >= 4 is 23.4 Å². The number of carbonyl (C=O) groups is 1. The highest BCUT2D eigenvalue weighted by molar-refractivity contribution is 7.99. The highest BCUT2D eigenvalue weighted by Crippen LogP contribution is 2.42. The Morgan fingerprint density at radius 3 is 2.67 bits per heavy atom. The van der Waals surface area contributed by atoms with Crippen molar-refractivity contribution in [2.75, 3.05) is 11.1 Å². The summed E-state index contributed by atoms with van der Waals surface area (Å²) in [5, 5.41) is 10.6. The number of thioether (sulfide) groups is 1. The molecule has 1 aromatic heterocycles. The normalized spacial score (nSPS) is 14.1. The molecule has 0 bridgehead atoms. The lowest BCUT2D eigenvalue weighted by Gasteiger charge is -2.05. The minimum Gasteiger partial charge on any atom is -0.411 e. The third-order valence-corrected chi connectivity index (χ3v) is 4.26. The van der Waals surface area contributed by atoms with Crippen molar-refractivity contribution in [2.45, 2.75) is 11.5 Å². The molecular formula is C17H11F2N3O4S. The zero-order chi connectivity index (χ0) is 18.9. The Morgan fingerprint density at radius 2 is 1.85 bits per heavy atom. The lowest BCUT2D eigenvalue weighted by atomic mass is 10.2. The number of benzene rings is 2. The van der Waals surface area contributed by atoms with Gasteiger partial charge in [-0.05, 0) is 24.3 Å². The molecule has 7 nitrogen and oxygen atoms in total. The lowest BCUT2D eigenvalue weighted by Crippen LogP contribution is -2.25. The third-order valence-electron chi connectivity index (χ3n) is 3.44. The Bertz CT molecular complexity index is 981. The van der Waals surface area contributed by atoms with Gasteiger partial charge in [0.1, 0.15) is 0 Å². The molecule has 3 aromatic rings. The topological polar surface area (TPSA) is 86.5 Å². The summed E-state index contributed by atoms with van der Waals surface area (Å²) >= 11 is 1.06. The van der Waals surface area contributed by atoms with E-state index in [1.54, 1.807) is 0 Å². The Balaban J connectivity index is 1.34. The number of carbonyl (C=O) groups excluding carboxylic acids is 1. The molecule has 0 atom stereocenters. The van der Waals surface area contributed by atoms with Gasteiger partial charge in [0.15, 0.2) is 11.5 Å². The number of rotatable bonds is 5. The standard InChI is InChI=1S/C17H11F2N3O4S/c18-17(19)25-12-7-6-11(8-13(12)26-17)20-14(23)9-27-16-22-21-15(24-16)10-4-2-1-3-5-10/h1-8H,9H2,(H,20,23). The van der Waals surface area contributed by atoms with Crippen LogP contribution in [0, 0.1) is 0 Å². The summed E-state index contributed by atoms with van der Waals surface area (Å²) in [6.45, 7) is 0. The van der Waals surface area contributed by atoms with Gasteiger partial charge in [0.25, 0.3) is 5.22 Å². The second-order valence-electron chi connectivity index (χ2n) is 5.41. The number of anilines is 1. The van der Waals surface area contributed by atoms with E-state index in [-0.39, 0.29) is 28.4 Å². The van der Waals surface area contributed by atoms with Crippen molar-refractivity contribution in [3.63, 3.8) is 0 Å². The summed E-state index contributed by atoms with van der Waals surface area (Å²) in [6.07, 6.45) is -3.70. The van der Waals surface area contributed by atoms with E-state index < -0.39 is 6.29 Å². The van der Waals surface area contributed by atoms with Crippen LogP contribution in [0.4, 0.5) is 14.5 Å². The van der Waals surface area contributed by atoms with Crippen LogP contribution in [0.1, 0.15) is 0 Å². The zero-order valence-electron chi connectivity index (χ0n) is 13.5. The summed E-state index contributed by atoms with van der Waals surface area (Å²) < 4.78 is 40.2. The fraction of sp³-hybridized carbons (Fsp3) is 0.118. The maximum Gasteiger partial charge on any atom is 0.586 e. The van der Waals surface area contributed by atoms with E-state index in [4.69, 9.17) is 4.42 Å². The highest BCUT2D eigenvalue weighted by atomic mass is 32.2. The number of hydrogen-bond donors (Lipinski definition) is 1. The number of aromatic nitrogens is 2. The molecule has 1 aliphatic heterocycles. The van der Waals surface area contributed by atoms with E-state index in [2.05, 4.69) is 25.0 Å². The van der Waals surface area contributed by atoms with Gasteiger partial charge >= 0.3 is 6.29 Å². The Kier molecular flexibility index (Phi) is 4.40. The number of nitrogens with zero attached hydrogens (tertiary/aromatic N) is 2.